The molecule has 6 heteroatoms. The van der Waals surface area contributed by atoms with E-state index in [1.54, 1.807) is 6.20 Å². The second kappa shape index (κ2) is 10.4. The number of fused-ring (bicyclic) bond motifs is 1. The first-order chi connectivity index (χ1) is 16.8. The Morgan fingerprint density at radius 3 is 2.60 bits per heavy atom. The lowest BCUT2D eigenvalue weighted by Gasteiger charge is -2.30. The highest BCUT2D eigenvalue weighted by atomic mass is 15.1. The van der Waals surface area contributed by atoms with Crippen LogP contribution in [0, 0.1) is 23.2 Å². The zero-order valence-corrected chi connectivity index (χ0v) is 21.5. The number of rotatable bonds is 6. The number of likely N-dealkylation sites (tertiary alicyclic amines) is 1. The standard InChI is InChI=1S/C29H36N6/c1-21(2)35-24(8-7-15-31-23-11-12-28(32-19-23)29(3,4)20-30)18-25-26(9-6-10-27(25)35)33-22-13-16-34(5)17-14-22/h6,9-12,18-19,21-22,31,33H,13-17H2,1-5H3. The highest BCUT2D eigenvalue weighted by Gasteiger charge is 2.21. The molecular formula is C29H36N6. The number of nitrogens with one attached hydrogen (secondary N) is 2. The van der Waals surface area contributed by atoms with Crippen LogP contribution < -0.4 is 10.6 Å². The monoisotopic (exact) mass is 468 g/mol. The summed E-state index contributed by atoms with van der Waals surface area (Å²) in [5.74, 6) is 6.67. The van der Waals surface area contributed by atoms with Gasteiger partial charge in [-0.1, -0.05) is 12.0 Å². The Hall–Kier alpha value is -3.48. The quantitative estimate of drug-likeness (QED) is 0.475. The number of benzene rings is 1. The van der Waals surface area contributed by atoms with Gasteiger partial charge >= 0.3 is 0 Å². The van der Waals surface area contributed by atoms with Crippen LogP contribution in [-0.4, -0.2) is 47.2 Å². The van der Waals surface area contributed by atoms with Gasteiger partial charge in [0.15, 0.2) is 0 Å². The van der Waals surface area contributed by atoms with E-state index in [1.807, 2.05) is 26.0 Å². The topological polar surface area (TPSA) is 68.9 Å². The first-order valence-electron chi connectivity index (χ1n) is 12.5. The van der Waals surface area contributed by atoms with Crippen molar-refractivity contribution in [3.8, 4) is 17.9 Å². The SMILES string of the molecule is CC(C)n1c(C#CCNc2ccc(C(C)(C)C#N)nc2)cc2c(NC3CCN(C)CC3)cccc21. The molecule has 0 aliphatic carbocycles. The minimum Gasteiger partial charge on any atom is -0.382 e. The Labute approximate surface area is 209 Å². The van der Waals surface area contributed by atoms with Gasteiger partial charge in [-0.25, -0.2) is 0 Å². The average Bonchev–Trinajstić information content (AvgIpc) is 3.23. The molecule has 0 unspecified atom stereocenters. The summed E-state index contributed by atoms with van der Waals surface area (Å²) in [5, 5.41) is 17.6. The molecule has 35 heavy (non-hydrogen) atoms. The van der Waals surface area contributed by atoms with Gasteiger partial charge in [-0.15, -0.1) is 0 Å². The van der Waals surface area contributed by atoms with Crippen molar-refractivity contribution in [3.05, 3.63) is 54.0 Å². The number of piperidine rings is 1. The molecule has 0 spiro atoms. The number of pyridine rings is 1. The van der Waals surface area contributed by atoms with E-state index in [9.17, 15) is 5.26 Å². The van der Waals surface area contributed by atoms with Crippen molar-refractivity contribution < 1.29 is 0 Å². The Kier molecular flexibility index (Phi) is 7.34. The number of hydrogen-bond acceptors (Lipinski definition) is 5. The van der Waals surface area contributed by atoms with Crippen LogP contribution in [0.25, 0.3) is 10.9 Å². The molecule has 1 aliphatic heterocycles. The summed E-state index contributed by atoms with van der Waals surface area (Å²) in [4.78, 5) is 6.84. The van der Waals surface area contributed by atoms with Crippen molar-refractivity contribution in [1.82, 2.24) is 14.5 Å². The number of anilines is 2. The number of nitriles is 1. The Morgan fingerprint density at radius 1 is 1.17 bits per heavy atom. The molecule has 6 nitrogen and oxygen atoms in total. The zero-order valence-electron chi connectivity index (χ0n) is 21.5. The van der Waals surface area contributed by atoms with E-state index in [2.05, 4.69) is 88.2 Å². The third-order valence-corrected chi connectivity index (χ3v) is 6.76. The van der Waals surface area contributed by atoms with Gasteiger partial charge in [0.2, 0.25) is 0 Å². The summed E-state index contributed by atoms with van der Waals surface area (Å²) >= 11 is 0. The molecule has 3 heterocycles. The molecule has 1 aliphatic rings. The summed E-state index contributed by atoms with van der Waals surface area (Å²) in [6.45, 7) is 10.9. The largest absolute Gasteiger partial charge is 0.382 e. The van der Waals surface area contributed by atoms with Gasteiger partial charge in [0.05, 0.1) is 46.8 Å². The number of hydrogen-bond donors (Lipinski definition) is 2. The lowest BCUT2D eigenvalue weighted by molar-refractivity contribution is 0.264. The molecule has 2 N–H and O–H groups in total. The van der Waals surface area contributed by atoms with Crippen LogP contribution in [0.5, 0.6) is 0 Å². The maximum Gasteiger partial charge on any atom is 0.0937 e. The molecule has 4 rings (SSSR count). The lowest BCUT2D eigenvalue weighted by atomic mass is 9.91. The molecule has 1 fully saturated rings. The van der Waals surface area contributed by atoms with Crippen LogP contribution in [0.4, 0.5) is 11.4 Å². The third-order valence-electron chi connectivity index (χ3n) is 6.76. The normalized spacial score (nSPS) is 15.0. The summed E-state index contributed by atoms with van der Waals surface area (Å²) in [6.07, 6.45) is 4.10. The Morgan fingerprint density at radius 2 is 1.94 bits per heavy atom. The summed E-state index contributed by atoms with van der Waals surface area (Å²) < 4.78 is 2.32. The molecular weight excluding hydrogens is 432 g/mol. The molecule has 3 aromatic rings. The molecule has 0 radical (unpaired) electrons. The molecule has 0 bridgehead atoms. The highest BCUT2D eigenvalue weighted by molar-refractivity contribution is 5.94. The van der Waals surface area contributed by atoms with Gasteiger partial charge in [-0.2, -0.15) is 5.26 Å². The van der Waals surface area contributed by atoms with Crippen LogP contribution in [0.1, 0.15) is 58.0 Å². The third kappa shape index (κ3) is 5.61. The van der Waals surface area contributed by atoms with Crippen molar-refractivity contribution in [2.75, 3.05) is 37.3 Å². The molecule has 1 aromatic carbocycles. The van der Waals surface area contributed by atoms with E-state index in [1.165, 1.54) is 29.4 Å². The minimum absolute atomic E-state index is 0.309. The second-order valence-electron chi connectivity index (χ2n) is 10.3. The van der Waals surface area contributed by atoms with E-state index in [-0.39, 0.29) is 0 Å². The highest BCUT2D eigenvalue weighted by Crippen LogP contribution is 2.31. The molecule has 0 saturated carbocycles. The summed E-state index contributed by atoms with van der Waals surface area (Å²) in [6, 6.07) is 15.7. The van der Waals surface area contributed by atoms with E-state index in [0.29, 0.717) is 18.6 Å². The minimum atomic E-state index is -0.594. The molecule has 2 aromatic heterocycles. The van der Waals surface area contributed by atoms with Crippen molar-refractivity contribution >= 4 is 22.3 Å². The summed E-state index contributed by atoms with van der Waals surface area (Å²) in [7, 11) is 2.19. The first kappa shape index (κ1) is 24.6. The molecule has 0 atom stereocenters. The molecule has 1 saturated heterocycles. The molecule has 182 valence electrons. The maximum absolute atomic E-state index is 9.29. The van der Waals surface area contributed by atoms with Crippen LogP contribution in [0.3, 0.4) is 0 Å². The zero-order chi connectivity index (χ0) is 25.0. The van der Waals surface area contributed by atoms with E-state index >= 15 is 0 Å². The van der Waals surface area contributed by atoms with Crippen molar-refractivity contribution in [2.45, 2.75) is 58.0 Å². The van der Waals surface area contributed by atoms with E-state index < -0.39 is 5.41 Å². The van der Waals surface area contributed by atoms with E-state index in [4.69, 9.17) is 0 Å². The van der Waals surface area contributed by atoms with Gasteiger partial charge in [-0.3, -0.25) is 4.98 Å². The number of nitrogens with zero attached hydrogens (tertiary/aromatic N) is 4. The average molecular weight is 469 g/mol. The van der Waals surface area contributed by atoms with E-state index in [0.717, 1.165) is 30.2 Å². The van der Waals surface area contributed by atoms with Crippen molar-refractivity contribution in [3.63, 3.8) is 0 Å². The lowest BCUT2D eigenvalue weighted by Crippen LogP contribution is -2.36. The fraction of sp³-hybridized carbons (Fsp3) is 0.448. The van der Waals surface area contributed by atoms with Gasteiger partial charge < -0.3 is 20.1 Å². The fourth-order valence-corrected chi connectivity index (χ4v) is 4.61. The predicted molar refractivity (Wildman–Crippen MR) is 145 cm³/mol. The van der Waals surface area contributed by atoms with Crippen LogP contribution in [-0.2, 0) is 5.41 Å². The predicted octanol–water partition coefficient (Wildman–Crippen LogP) is 5.39. The van der Waals surface area contributed by atoms with Crippen molar-refractivity contribution in [2.24, 2.45) is 0 Å². The van der Waals surface area contributed by atoms with Crippen LogP contribution >= 0.6 is 0 Å². The van der Waals surface area contributed by atoms with Gasteiger partial charge in [0.1, 0.15) is 0 Å². The molecule has 0 amide bonds. The van der Waals surface area contributed by atoms with Crippen LogP contribution in [0.2, 0.25) is 0 Å². The smallest absolute Gasteiger partial charge is 0.0937 e. The van der Waals surface area contributed by atoms with Crippen molar-refractivity contribution in [1.29, 1.82) is 5.26 Å². The second-order valence-corrected chi connectivity index (χ2v) is 10.3. The maximum atomic E-state index is 9.29. The van der Waals surface area contributed by atoms with Gasteiger partial charge in [-0.05, 0) is 96.9 Å². The van der Waals surface area contributed by atoms with Gasteiger partial charge in [0, 0.05) is 23.2 Å². The Balaban J connectivity index is 1.50. The Bertz CT molecular complexity index is 1260. The number of aromatic nitrogens is 2. The van der Waals surface area contributed by atoms with Gasteiger partial charge in [0.25, 0.3) is 0 Å². The summed E-state index contributed by atoms with van der Waals surface area (Å²) in [5.41, 5.74) is 4.51. The fourth-order valence-electron chi connectivity index (χ4n) is 4.61. The van der Waals surface area contributed by atoms with Crippen LogP contribution in [0.15, 0.2) is 42.6 Å². The first-order valence-corrected chi connectivity index (χ1v) is 12.5.